The van der Waals surface area contributed by atoms with Gasteiger partial charge in [0.1, 0.15) is 5.75 Å². The summed E-state index contributed by atoms with van der Waals surface area (Å²) in [7, 11) is 2.01. The lowest BCUT2D eigenvalue weighted by atomic mass is 9.98. The maximum atomic E-state index is 5.79. The van der Waals surface area contributed by atoms with Crippen LogP contribution in [-0.4, -0.2) is 13.2 Å². The van der Waals surface area contributed by atoms with Crippen molar-refractivity contribution >= 4 is 11.3 Å². The fourth-order valence-electron chi connectivity index (χ4n) is 2.29. The van der Waals surface area contributed by atoms with Gasteiger partial charge in [0.05, 0.1) is 12.1 Å². The molecule has 1 N–H and O–H groups in total. The number of thiophene rings is 1. The molecule has 1 heterocycles. The molecular formula is C16H19NOS. The van der Waals surface area contributed by atoms with Crippen LogP contribution < -0.4 is 10.1 Å². The normalized spacial score (nSPS) is 16.3. The van der Waals surface area contributed by atoms with Crippen LogP contribution in [0.15, 0.2) is 35.0 Å². The third-order valence-corrected chi connectivity index (χ3v) is 4.42. The second kappa shape index (κ2) is 5.35. The molecule has 100 valence electrons. The number of hydrogen-bond donors (Lipinski definition) is 1. The lowest BCUT2D eigenvalue weighted by Gasteiger charge is -2.17. The molecule has 0 aliphatic heterocycles. The van der Waals surface area contributed by atoms with Crippen LogP contribution in [-0.2, 0) is 0 Å². The Labute approximate surface area is 118 Å². The smallest absolute Gasteiger partial charge is 0.119 e. The van der Waals surface area contributed by atoms with Gasteiger partial charge in [-0.2, -0.15) is 11.3 Å². The van der Waals surface area contributed by atoms with E-state index < -0.39 is 0 Å². The molecule has 0 spiro atoms. The summed E-state index contributed by atoms with van der Waals surface area (Å²) in [6.45, 7) is 2.17. The summed E-state index contributed by atoms with van der Waals surface area (Å²) in [6.07, 6.45) is 2.87. The van der Waals surface area contributed by atoms with Gasteiger partial charge in [0, 0.05) is 0 Å². The first-order valence-corrected chi connectivity index (χ1v) is 7.69. The van der Waals surface area contributed by atoms with E-state index in [9.17, 15) is 0 Å². The second-order valence-electron chi connectivity index (χ2n) is 5.12. The summed E-state index contributed by atoms with van der Waals surface area (Å²) in [4.78, 5) is 0. The van der Waals surface area contributed by atoms with Crippen molar-refractivity contribution in [1.82, 2.24) is 5.32 Å². The van der Waals surface area contributed by atoms with E-state index in [0.717, 1.165) is 5.75 Å². The summed E-state index contributed by atoms with van der Waals surface area (Å²) in [5, 5.41) is 7.83. The van der Waals surface area contributed by atoms with E-state index in [-0.39, 0.29) is 6.04 Å². The van der Waals surface area contributed by atoms with E-state index in [2.05, 4.69) is 47.3 Å². The van der Waals surface area contributed by atoms with Crippen LogP contribution in [0, 0.1) is 6.92 Å². The first kappa shape index (κ1) is 12.7. The van der Waals surface area contributed by atoms with E-state index in [1.54, 1.807) is 11.3 Å². The average molecular weight is 273 g/mol. The average Bonchev–Trinajstić information content (AvgIpc) is 3.14. The lowest BCUT2D eigenvalue weighted by molar-refractivity contribution is 0.303. The zero-order valence-corrected chi connectivity index (χ0v) is 12.2. The Hall–Kier alpha value is -1.32. The third-order valence-electron chi connectivity index (χ3n) is 3.54. The van der Waals surface area contributed by atoms with E-state index in [0.29, 0.717) is 6.10 Å². The van der Waals surface area contributed by atoms with Crippen LogP contribution in [0.25, 0.3) is 0 Å². The van der Waals surface area contributed by atoms with Crippen LogP contribution in [0.5, 0.6) is 5.75 Å². The highest BCUT2D eigenvalue weighted by Crippen LogP contribution is 2.30. The molecule has 1 aromatic carbocycles. The van der Waals surface area contributed by atoms with E-state index >= 15 is 0 Å². The molecule has 1 aromatic heterocycles. The molecule has 1 fully saturated rings. The molecule has 1 atom stereocenters. The summed E-state index contributed by atoms with van der Waals surface area (Å²) >= 11 is 1.76. The molecule has 3 rings (SSSR count). The molecule has 1 saturated carbocycles. The molecule has 1 aliphatic carbocycles. The minimum atomic E-state index is 0.265. The predicted octanol–water partition coefficient (Wildman–Crippen LogP) is 3.91. The van der Waals surface area contributed by atoms with Crippen molar-refractivity contribution in [2.75, 3.05) is 7.05 Å². The Morgan fingerprint density at radius 1 is 1.21 bits per heavy atom. The Balaban J connectivity index is 1.81. The molecule has 1 aliphatic rings. The van der Waals surface area contributed by atoms with Crippen LogP contribution >= 0.6 is 11.3 Å². The van der Waals surface area contributed by atoms with Gasteiger partial charge < -0.3 is 10.1 Å². The van der Waals surface area contributed by atoms with Gasteiger partial charge in [0.2, 0.25) is 0 Å². The Morgan fingerprint density at radius 2 is 1.95 bits per heavy atom. The molecule has 2 nitrogen and oxygen atoms in total. The van der Waals surface area contributed by atoms with Gasteiger partial charge >= 0.3 is 0 Å². The highest BCUT2D eigenvalue weighted by molar-refractivity contribution is 7.08. The molecular weight excluding hydrogens is 254 g/mol. The van der Waals surface area contributed by atoms with Gasteiger partial charge in [-0.1, -0.05) is 12.1 Å². The van der Waals surface area contributed by atoms with Gasteiger partial charge in [-0.3, -0.25) is 0 Å². The van der Waals surface area contributed by atoms with Gasteiger partial charge in [-0.15, -0.1) is 0 Å². The van der Waals surface area contributed by atoms with E-state index in [1.165, 1.54) is 29.5 Å². The lowest BCUT2D eigenvalue weighted by Crippen LogP contribution is -2.17. The van der Waals surface area contributed by atoms with E-state index in [1.807, 2.05) is 7.05 Å². The largest absolute Gasteiger partial charge is 0.490 e. The summed E-state index contributed by atoms with van der Waals surface area (Å²) in [5.41, 5.74) is 4.00. The van der Waals surface area contributed by atoms with Crippen molar-refractivity contribution in [2.45, 2.75) is 31.9 Å². The molecule has 19 heavy (non-hydrogen) atoms. The monoisotopic (exact) mass is 273 g/mol. The van der Waals surface area contributed by atoms with Gasteiger partial charge in [0.15, 0.2) is 0 Å². The van der Waals surface area contributed by atoms with Crippen molar-refractivity contribution in [3.05, 3.63) is 51.7 Å². The first-order chi connectivity index (χ1) is 9.28. The van der Waals surface area contributed by atoms with Crippen LogP contribution in [0.2, 0.25) is 0 Å². The summed E-state index contributed by atoms with van der Waals surface area (Å²) in [5.74, 6) is 0.989. The number of nitrogens with one attached hydrogen (secondary N) is 1. The second-order valence-corrected chi connectivity index (χ2v) is 5.86. The maximum Gasteiger partial charge on any atom is 0.119 e. The molecule has 0 saturated heterocycles. The van der Waals surface area contributed by atoms with Crippen molar-refractivity contribution in [2.24, 2.45) is 0 Å². The first-order valence-electron chi connectivity index (χ1n) is 6.74. The number of rotatable bonds is 5. The highest BCUT2D eigenvalue weighted by Gasteiger charge is 2.23. The number of ether oxygens (including phenoxy) is 1. The fraction of sp³-hybridized carbons (Fsp3) is 0.375. The van der Waals surface area contributed by atoms with Crippen molar-refractivity contribution < 1.29 is 4.74 Å². The minimum absolute atomic E-state index is 0.265. The fourth-order valence-corrected chi connectivity index (χ4v) is 3.16. The Bertz CT molecular complexity index is 542. The predicted molar refractivity (Wildman–Crippen MR) is 80.1 cm³/mol. The number of benzene rings is 1. The number of hydrogen-bond acceptors (Lipinski definition) is 3. The van der Waals surface area contributed by atoms with Gasteiger partial charge in [0.25, 0.3) is 0 Å². The SMILES string of the molecule is CNC(c1ccc(OC2CC2)cc1)c1cscc1C. The molecule has 0 radical (unpaired) electrons. The molecule has 2 aromatic rings. The topological polar surface area (TPSA) is 21.3 Å². The maximum absolute atomic E-state index is 5.79. The van der Waals surface area contributed by atoms with Crippen LogP contribution in [0.3, 0.4) is 0 Å². The van der Waals surface area contributed by atoms with E-state index in [4.69, 9.17) is 4.74 Å². The number of aryl methyl sites for hydroxylation is 1. The van der Waals surface area contributed by atoms with Crippen molar-refractivity contribution in [1.29, 1.82) is 0 Å². The standard InChI is InChI=1S/C16H19NOS/c1-11-9-19-10-15(11)16(17-2)12-3-5-13(6-4-12)18-14-7-8-14/h3-6,9-10,14,16-17H,7-8H2,1-2H3. The minimum Gasteiger partial charge on any atom is -0.490 e. The van der Waals surface area contributed by atoms with Crippen molar-refractivity contribution in [3.63, 3.8) is 0 Å². The Morgan fingerprint density at radius 3 is 2.47 bits per heavy atom. The molecule has 0 bridgehead atoms. The third kappa shape index (κ3) is 2.82. The molecule has 0 amide bonds. The Kier molecular flexibility index (Phi) is 3.58. The van der Waals surface area contributed by atoms with Crippen molar-refractivity contribution in [3.8, 4) is 5.75 Å². The van der Waals surface area contributed by atoms with Crippen LogP contribution in [0.1, 0.15) is 35.6 Å². The van der Waals surface area contributed by atoms with Crippen LogP contribution in [0.4, 0.5) is 0 Å². The summed E-state index contributed by atoms with van der Waals surface area (Å²) < 4.78 is 5.79. The highest BCUT2D eigenvalue weighted by atomic mass is 32.1. The van der Waals surface area contributed by atoms with Gasteiger partial charge in [-0.25, -0.2) is 0 Å². The zero-order valence-electron chi connectivity index (χ0n) is 11.3. The summed E-state index contributed by atoms with van der Waals surface area (Å²) in [6, 6.07) is 8.76. The van der Waals surface area contributed by atoms with Gasteiger partial charge in [-0.05, 0) is 66.4 Å². The molecule has 1 unspecified atom stereocenters. The molecule has 3 heteroatoms. The quantitative estimate of drug-likeness (QED) is 0.892. The zero-order chi connectivity index (χ0) is 13.2.